The van der Waals surface area contributed by atoms with Gasteiger partial charge in [0, 0.05) is 28.2 Å². The zero-order chi connectivity index (χ0) is 16.1. The molecule has 2 N–H and O–H groups in total. The van der Waals surface area contributed by atoms with Crippen LogP contribution >= 0.6 is 28.7 Å². The van der Waals surface area contributed by atoms with Gasteiger partial charge in [0.1, 0.15) is 5.60 Å². The normalized spacial score (nSPS) is 16.0. The van der Waals surface area contributed by atoms with Crippen LogP contribution in [0.3, 0.4) is 0 Å². The van der Waals surface area contributed by atoms with Gasteiger partial charge in [-0.15, -0.1) is 17.0 Å². The molecule has 0 atom stereocenters. The van der Waals surface area contributed by atoms with Gasteiger partial charge in [-0.3, -0.25) is 0 Å². The van der Waals surface area contributed by atoms with E-state index in [2.05, 4.69) is 17.4 Å². The van der Waals surface area contributed by atoms with Gasteiger partial charge in [0.25, 0.3) is 0 Å². The number of hydrogen-bond acceptors (Lipinski definition) is 4. The second kappa shape index (κ2) is 8.55. The van der Waals surface area contributed by atoms with Gasteiger partial charge in [-0.1, -0.05) is 48.2 Å². The van der Waals surface area contributed by atoms with E-state index < -0.39 is 11.8 Å². The Kier molecular flexibility index (Phi) is 6.71. The van der Waals surface area contributed by atoms with Gasteiger partial charge < -0.3 is 15.2 Å². The molecule has 0 amide bonds. The van der Waals surface area contributed by atoms with Crippen LogP contribution in [0.15, 0.2) is 64.4 Å². The van der Waals surface area contributed by atoms with Crippen molar-refractivity contribution in [3.05, 3.63) is 60.2 Å². The number of ether oxygens (including phenoxy) is 1. The first-order valence-electron chi connectivity index (χ1n) is 7.65. The molecule has 128 valence electrons. The zero-order valence-electron chi connectivity index (χ0n) is 13.1. The second-order valence-corrected chi connectivity index (χ2v) is 6.64. The standard InChI is InChI=1S/C18H19NO3S.BrH/c20-17(21)22-18(10-12-19-13-11-18)15-8-4-5-9-16(15)23-14-6-2-1-3-7-14;/h1-9,19H,10-13H2,(H,20,21);1H. The Labute approximate surface area is 156 Å². The third kappa shape index (κ3) is 4.32. The number of rotatable bonds is 4. The van der Waals surface area contributed by atoms with E-state index in [0.29, 0.717) is 12.8 Å². The first kappa shape index (κ1) is 18.8. The molecule has 1 aliphatic rings. The smallest absolute Gasteiger partial charge is 0.450 e. The first-order chi connectivity index (χ1) is 11.2. The fourth-order valence-electron chi connectivity index (χ4n) is 2.97. The lowest BCUT2D eigenvalue weighted by atomic mass is 9.84. The lowest BCUT2D eigenvalue weighted by Crippen LogP contribution is -2.43. The summed E-state index contributed by atoms with van der Waals surface area (Å²) in [6, 6.07) is 18.0. The Morgan fingerprint density at radius 1 is 1.04 bits per heavy atom. The van der Waals surface area contributed by atoms with Crippen molar-refractivity contribution >= 4 is 34.9 Å². The molecule has 2 aromatic carbocycles. The van der Waals surface area contributed by atoms with Crippen LogP contribution in [0.4, 0.5) is 4.79 Å². The Bertz CT molecular complexity index is 675. The van der Waals surface area contributed by atoms with Crippen LogP contribution in [0.25, 0.3) is 0 Å². The van der Waals surface area contributed by atoms with E-state index in [1.807, 2.05) is 42.5 Å². The maximum absolute atomic E-state index is 11.3. The Morgan fingerprint density at radius 3 is 2.33 bits per heavy atom. The van der Waals surface area contributed by atoms with Crippen molar-refractivity contribution in [3.63, 3.8) is 0 Å². The van der Waals surface area contributed by atoms with Crippen LogP contribution in [0.2, 0.25) is 0 Å². The van der Waals surface area contributed by atoms with Crippen LogP contribution < -0.4 is 5.32 Å². The number of hydrogen-bond donors (Lipinski definition) is 2. The highest BCUT2D eigenvalue weighted by molar-refractivity contribution is 8.93. The van der Waals surface area contributed by atoms with Crippen molar-refractivity contribution in [2.45, 2.75) is 28.2 Å². The minimum Gasteiger partial charge on any atom is -0.450 e. The van der Waals surface area contributed by atoms with Crippen molar-refractivity contribution in [2.24, 2.45) is 0 Å². The highest BCUT2D eigenvalue weighted by atomic mass is 79.9. The SMILES string of the molecule is Br.O=C(O)OC1(c2ccccc2Sc2ccccc2)CCNCC1. The van der Waals surface area contributed by atoms with Gasteiger partial charge >= 0.3 is 6.16 Å². The van der Waals surface area contributed by atoms with Gasteiger partial charge in [-0.2, -0.15) is 0 Å². The summed E-state index contributed by atoms with van der Waals surface area (Å²) in [7, 11) is 0. The van der Waals surface area contributed by atoms with Crippen molar-refractivity contribution in [1.29, 1.82) is 0 Å². The van der Waals surface area contributed by atoms with Gasteiger partial charge in [-0.05, 0) is 31.3 Å². The lowest BCUT2D eigenvalue weighted by molar-refractivity contribution is -0.0434. The summed E-state index contributed by atoms with van der Waals surface area (Å²) in [5.41, 5.74) is 0.188. The molecule has 0 bridgehead atoms. The molecule has 2 aromatic rings. The predicted octanol–water partition coefficient (Wildman–Crippen LogP) is 4.69. The summed E-state index contributed by atoms with van der Waals surface area (Å²) in [4.78, 5) is 13.4. The minimum atomic E-state index is -1.22. The summed E-state index contributed by atoms with van der Waals surface area (Å²) in [6.45, 7) is 1.50. The molecule has 1 saturated heterocycles. The number of halogens is 1. The molecule has 0 aliphatic carbocycles. The fourth-order valence-corrected chi connectivity index (χ4v) is 4.03. The molecule has 0 unspecified atom stereocenters. The lowest BCUT2D eigenvalue weighted by Gasteiger charge is -2.37. The molecular formula is C18H20BrNO3S. The summed E-state index contributed by atoms with van der Waals surface area (Å²) in [6.07, 6.45) is 0.0727. The minimum absolute atomic E-state index is 0. The molecule has 1 heterocycles. The number of carbonyl (C=O) groups is 1. The predicted molar refractivity (Wildman–Crippen MR) is 100 cm³/mol. The van der Waals surface area contributed by atoms with E-state index in [1.165, 1.54) is 0 Å². The zero-order valence-corrected chi connectivity index (χ0v) is 15.6. The molecule has 6 heteroatoms. The van der Waals surface area contributed by atoms with Crippen LogP contribution in [-0.4, -0.2) is 24.4 Å². The van der Waals surface area contributed by atoms with E-state index in [-0.39, 0.29) is 17.0 Å². The van der Waals surface area contributed by atoms with Gasteiger partial charge in [-0.25, -0.2) is 4.79 Å². The van der Waals surface area contributed by atoms with E-state index in [0.717, 1.165) is 28.4 Å². The van der Waals surface area contributed by atoms with E-state index in [1.54, 1.807) is 11.8 Å². The van der Waals surface area contributed by atoms with Crippen LogP contribution in [-0.2, 0) is 10.3 Å². The first-order valence-corrected chi connectivity index (χ1v) is 8.46. The second-order valence-electron chi connectivity index (χ2n) is 5.52. The molecule has 1 fully saturated rings. The van der Waals surface area contributed by atoms with Crippen LogP contribution in [0.1, 0.15) is 18.4 Å². The van der Waals surface area contributed by atoms with Crippen molar-refractivity contribution in [2.75, 3.05) is 13.1 Å². The fraction of sp³-hybridized carbons (Fsp3) is 0.278. The summed E-state index contributed by atoms with van der Waals surface area (Å²) >= 11 is 1.64. The molecule has 0 spiro atoms. The van der Waals surface area contributed by atoms with Gasteiger partial charge in [0.2, 0.25) is 0 Å². The average Bonchev–Trinajstić information content (AvgIpc) is 2.56. The maximum Gasteiger partial charge on any atom is 0.506 e. The van der Waals surface area contributed by atoms with Crippen LogP contribution in [0, 0.1) is 0 Å². The quantitative estimate of drug-likeness (QED) is 0.717. The van der Waals surface area contributed by atoms with Crippen LogP contribution in [0.5, 0.6) is 0 Å². The molecule has 0 aromatic heterocycles. The topological polar surface area (TPSA) is 58.6 Å². The molecular weight excluding hydrogens is 390 g/mol. The molecule has 0 radical (unpaired) electrons. The summed E-state index contributed by atoms with van der Waals surface area (Å²) in [5.74, 6) is 0. The maximum atomic E-state index is 11.3. The average molecular weight is 410 g/mol. The van der Waals surface area contributed by atoms with Crippen molar-refractivity contribution < 1.29 is 14.6 Å². The van der Waals surface area contributed by atoms with Crippen molar-refractivity contribution in [3.8, 4) is 0 Å². The van der Waals surface area contributed by atoms with E-state index in [4.69, 9.17) is 4.74 Å². The van der Waals surface area contributed by atoms with E-state index >= 15 is 0 Å². The van der Waals surface area contributed by atoms with E-state index in [9.17, 15) is 9.90 Å². The molecule has 24 heavy (non-hydrogen) atoms. The molecule has 0 saturated carbocycles. The Morgan fingerprint density at radius 2 is 1.67 bits per heavy atom. The number of piperidine rings is 1. The highest BCUT2D eigenvalue weighted by Crippen LogP contribution is 2.42. The van der Waals surface area contributed by atoms with Crippen molar-refractivity contribution in [1.82, 2.24) is 5.32 Å². The van der Waals surface area contributed by atoms with Gasteiger partial charge in [0.15, 0.2) is 0 Å². The number of nitrogens with one attached hydrogen (secondary N) is 1. The number of carboxylic acid groups (broad SMARTS) is 1. The Balaban J connectivity index is 0.00000208. The summed E-state index contributed by atoms with van der Waals surface area (Å²) in [5, 5.41) is 12.5. The largest absolute Gasteiger partial charge is 0.506 e. The van der Waals surface area contributed by atoms with Gasteiger partial charge in [0.05, 0.1) is 0 Å². The summed E-state index contributed by atoms with van der Waals surface area (Å²) < 4.78 is 5.41. The third-order valence-corrected chi connectivity index (χ3v) is 5.13. The third-order valence-electron chi connectivity index (χ3n) is 4.04. The molecule has 4 nitrogen and oxygen atoms in total. The monoisotopic (exact) mass is 409 g/mol. The Hall–Kier alpha value is -1.50. The molecule has 1 aliphatic heterocycles. The highest BCUT2D eigenvalue weighted by Gasteiger charge is 2.39. The molecule has 3 rings (SSSR count). The number of benzene rings is 2.